The molecule has 1 aromatic carbocycles. The van der Waals surface area contributed by atoms with E-state index in [-0.39, 0.29) is 41.0 Å². The average Bonchev–Trinajstić information content (AvgIpc) is 3.75. The number of carboxylic acids is 1. The highest BCUT2D eigenvalue weighted by Gasteiger charge is 2.40. The third kappa shape index (κ3) is 6.30. The van der Waals surface area contributed by atoms with Gasteiger partial charge in [-0.15, -0.1) is 0 Å². The van der Waals surface area contributed by atoms with Crippen LogP contribution >= 0.6 is 22.9 Å². The van der Waals surface area contributed by atoms with Gasteiger partial charge in [0.25, 0.3) is 0 Å². The van der Waals surface area contributed by atoms with Gasteiger partial charge in [0.2, 0.25) is 16.9 Å². The van der Waals surface area contributed by atoms with Crippen LogP contribution in [0.4, 0.5) is 15.3 Å². The number of benzene rings is 1. The van der Waals surface area contributed by atoms with Crippen LogP contribution in [0.3, 0.4) is 0 Å². The van der Waals surface area contributed by atoms with Crippen LogP contribution in [0.15, 0.2) is 30.5 Å². The number of anilines is 2. The largest absolute Gasteiger partial charge is 0.481 e. The Balaban J connectivity index is 1.34. The van der Waals surface area contributed by atoms with Crippen LogP contribution in [0.25, 0.3) is 22.4 Å². The highest BCUT2D eigenvalue weighted by Crippen LogP contribution is 2.43. The van der Waals surface area contributed by atoms with Gasteiger partial charge in [-0.05, 0) is 73.8 Å². The van der Waals surface area contributed by atoms with Crippen molar-refractivity contribution in [3.8, 4) is 22.4 Å². The van der Waals surface area contributed by atoms with Gasteiger partial charge in [0.15, 0.2) is 5.13 Å². The number of carboxylic acid groups (broad SMARTS) is 1. The van der Waals surface area contributed by atoms with E-state index in [4.69, 9.17) is 16.3 Å². The Kier molecular flexibility index (Phi) is 8.48. The van der Waals surface area contributed by atoms with Crippen LogP contribution in [0.2, 0.25) is 5.02 Å². The van der Waals surface area contributed by atoms with Gasteiger partial charge < -0.3 is 9.84 Å². The lowest BCUT2D eigenvalue weighted by atomic mass is 9.86. The Morgan fingerprint density at radius 3 is 2.67 bits per heavy atom. The summed E-state index contributed by atoms with van der Waals surface area (Å²) in [5.74, 6) is -1.28. The normalized spacial score (nSPS) is 17.9. The molecule has 12 heteroatoms. The molecule has 2 aliphatic heterocycles. The topological polar surface area (TPSA) is 113 Å². The van der Waals surface area contributed by atoms with E-state index in [1.807, 2.05) is 6.07 Å². The first kappa shape index (κ1) is 29.7. The number of ether oxygens (including phenoxy) is 1. The molecule has 2 fully saturated rings. The fraction of sp³-hybridized carbons (Fsp3) is 0.452. The maximum absolute atomic E-state index is 15.8. The summed E-state index contributed by atoms with van der Waals surface area (Å²) in [6, 6.07) is 6.97. The highest BCUT2D eigenvalue weighted by molar-refractivity contribution is 7.14. The van der Waals surface area contributed by atoms with Crippen molar-refractivity contribution in [1.29, 1.82) is 0 Å². The zero-order valence-electron chi connectivity index (χ0n) is 23.7. The van der Waals surface area contributed by atoms with Gasteiger partial charge in [-0.25, -0.2) is 9.97 Å². The zero-order valence-corrected chi connectivity index (χ0v) is 25.3. The molecule has 0 spiro atoms. The number of pyridine rings is 1. The SMILES string of the molecule is CN1C(=O)CCc2cc(-c3ccc(Cl)cc3-c3nc(N(C(=O)[C@@H](CC(=O)O)CC4CCOCC4)C4CC4)sc3F)cnc21. The van der Waals surface area contributed by atoms with Crippen LogP contribution in [-0.4, -0.2) is 59.2 Å². The molecule has 1 aliphatic carbocycles. The first-order valence-corrected chi connectivity index (χ1v) is 15.7. The van der Waals surface area contributed by atoms with Gasteiger partial charge in [0.05, 0.1) is 6.42 Å². The van der Waals surface area contributed by atoms with E-state index in [1.165, 1.54) is 4.90 Å². The number of nitrogens with zero attached hydrogens (tertiary/aromatic N) is 4. The number of carbonyl (C=O) groups excluding carboxylic acids is 2. The molecule has 43 heavy (non-hydrogen) atoms. The van der Waals surface area contributed by atoms with Crippen molar-refractivity contribution in [2.75, 3.05) is 30.1 Å². The minimum atomic E-state index is -1.04. The smallest absolute Gasteiger partial charge is 0.304 e. The fourth-order valence-corrected chi connectivity index (χ4v) is 7.07. The molecule has 3 aromatic rings. The van der Waals surface area contributed by atoms with Crippen molar-refractivity contribution in [2.45, 2.75) is 57.4 Å². The molecule has 9 nitrogen and oxygen atoms in total. The van der Waals surface area contributed by atoms with Gasteiger partial charge in [0, 0.05) is 61.0 Å². The molecule has 226 valence electrons. The zero-order chi connectivity index (χ0) is 30.2. The summed E-state index contributed by atoms with van der Waals surface area (Å²) in [5, 5.41) is 9.68. The number of carbonyl (C=O) groups is 3. The summed E-state index contributed by atoms with van der Waals surface area (Å²) in [5.41, 5.74) is 2.85. The number of fused-ring (bicyclic) bond motifs is 1. The van der Waals surface area contributed by atoms with Gasteiger partial charge in [0.1, 0.15) is 11.5 Å². The Bertz CT molecular complexity index is 1570. The second-order valence-corrected chi connectivity index (χ2v) is 12.9. The van der Waals surface area contributed by atoms with E-state index >= 15 is 4.39 Å². The number of hydrogen-bond acceptors (Lipinski definition) is 7. The second kappa shape index (κ2) is 12.3. The summed E-state index contributed by atoms with van der Waals surface area (Å²) in [6.07, 6.45) is 5.82. The average molecular weight is 627 g/mol. The highest BCUT2D eigenvalue weighted by atomic mass is 35.5. The Morgan fingerprint density at radius 2 is 1.95 bits per heavy atom. The number of amides is 2. The molecule has 0 unspecified atom stereocenters. The maximum Gasteiger partial charge on any atom is 0.304 e. The van der Waals surface area contributed by atoms with E-state index in [2.05, 4.69) is 9.97 Å². The van der Waals surface area contributed by atoms with Gasteiger partial charge in [-0.1, -0.05) is 29.0 Å². The minimum Gasteiger partial charge on any atom is -0.481 e. The number of rotatable bonds is 9. The standard InChI is InChI=1S/C31H32ClFN4O5S/c1-36-25(38)7-2-18-13-20(16-34-29(18)36)23-6-3-21(32)15-24(23)27-28(33)43-31(35-27)37(22-4-5-22)30(41)19(14-26(39)40)12-17-8-10-42-11-9-17/h3,6,13,15-17,19,22H,2,4-5,7-12,14H2,1H3,(H,39,40)/t19-/m1/s1. The molecule has 0 radical (unpaired) electrons. The third-order valence-electron chi connectivity index (χ3n) is 8.45. The molecule has 1 N–H and O–H groups in total. The molecule has 2 aromatic heterocycles. The van der Waals surface area contributed by atoms with E-state index in [0.717, 1.165) is 48.1 Å². The van der Waals surface area contributed by atoms with Crippen LogP contribution in [0.1, 0.15) is 50.5 Å². The molecule has 2 amide bonds. The molecule has 3 aliphatic rings. The molecule has 4 heterocycles. The van der Waals surface area contributed by atoms with Crippen LogP contribution in [0.5, 0.6) is 0 Å². The van der Waals surface area contributed by atoms with E-state index in [1.54, 1.807) is 36.3 Å². The monoisotopic (exact) mass is 626 g/mol. The molecular formula is C31H32ClFN4O5S. The lowest BCUT2D eigenvalue weighted by Crippen LogP contribution is -2.40. The van der Waals surface area contributed by atoms with Gasteiger partial charge in [-0.2, -0.15) is 4.39 Å². The predicted octanol–water partition coefficient (Wildman–Crippen LogP) is 5.98. The molecule has 1 saturated carbocycles. The summed E-state index contributed by atoms with van der Waals surface area (Å²) < 4.78 is 21.2. The number of aryl methyl sites for hydroxylation is 1. The molecule has 1 atom stereocenters. The van der Waals surface area contributed by atoms with Gasteiger partial charge >= 0.3 is 5.97 Å². The quantitative estimate of drug-likeness (QED) is 0.311. The van der Waals surface area contributed by atoms with E-state index in [0.29, 0.717) is 54.4 Å². The number of thiazole rings is 1. The van der Waals surface area contributed by atoms with E-state index < -0.39 is 17.0 Å². The van der Waals surface area contributed by atoms with Crippen LogP contribution < -0.4 is 9.80 Å². The second-order valence-electron chi connectivity index (χ2n) is 11.5. The lowest BCUT2D eigenvalue weighted by molar-refractivity contribution is -0.141. The number of aromatic nitrogens is 2. The maximum atomic E-state index is 15.8. The Hall–Kier alpha value is -3.41. The van der Waals surface area contributed by atoms with Crippen molar-refractivity contribution >= 4 is 51.7 Å². The Morgan fingerprint density at radius 1 is 1.19 bits per heavy atom. The van der Waals surface area contributed by atoms with Gasteiger partial charge in [-0.3, -0.25) is 24.2 Å². The van der Waals surface area contributed by atoms with Crippen molar-refractivity contribution in [1.82, 2.24) is 9.97 Å². The van der Waals surface area contributed by atoms with Crippen molar-refractivity contribution < 1.29 is 28.6 Å². The summed E-state index contributed by atoms with van der Waals surface area (Å²) in [7, 11) is 1.70. The molecule has 6 rings (SSSR count). The first-order valence-electron chi connectivity index (χ1n) is 14.5. The number of halogens is 2. The lowest BCUT2D eigenvalue weighted by Gasteiger charge is -2.29. The van der Waals surface area contributed by atoms with Crippen LogP contribution in [0, 0.1) is 17.0 Å². The van der Waals surface area contributed by atoms with Crippen molar-refractivity contribution in [3.63, 3.8) is 0 Å². The third-order valence-corrected chi connectivity index (χ3v) is 9.53. The minimum absolute atomic E-state index is 0.00474. The predicted molar refractivity (Wildman–Crippen MR) is 162 cm³/mol. The number of aliphatic carboxylic acids is 1. The molecular weight excluding hydrogens is 595 g/mol. The van der Waals surface area contributed by atoms with Crippen molar-refractivity contribution in [2.24, 2.45) is 11.8 Å². The van der Waals surface area contributed by atoms with E-state index in [9.17, 15) is 19.5 Å². The van der Waals surface area contributed by atoms with Crippen molar-refractivity contribution in [3.05, 3.63) is 46.2 Å². The molecule has 1 saturated heterocycles. The summed E-state index contributed by atoms with van der Waals surface area (Å²) in [4.78, 5) is 50.1. The fourth-order valence-electron chi connectivity index (χ4n) is 6.01. The Labute approximate surface area is 257 Å². The molecule has 0 bridgehead atoms. The van der Waals surface area contributed by atoms with Crippen LogP contribution in [-0.2, 0) is 25.5 Å². The number of hydrogen-bond donors (Lipinski definition) is 1. The summed E-state index contributed by atoms with van der Waals surface area (Å²) >= 11 is 7.17. The summed E-state index contributed by atoms with van der Waals surface area (Å²) in [6.45, 7) is 1.20. The first-order chi connectivity index (χ1) is 20.7.